The van der Waals surface area contributed by atoms with Crippen LogP contribution in [0.5, 0.6) is 0 Å². The maximum Gasteiger partial charge on any atom is 0.353 e. The van der Waals surface area contributed by atoms with Gasteiger partial charge in [0, 0.05) is 6.42 Å². The summed E-state index contributed by atoms with van der Waals surface area (Å²) in [5.41, 5.74) is 3.29. The summed E-state index contributed by atoms with van der Waals surface area (Å²) < 4.78 is 4.35. The highest BCUT2D eigenvalue weighted by Crippen LogP contribution is 2.12. The maximum atomic E-state index is 10.3. The fourth-order valence-corrected chi connectivity index (χ4v) is 0.526. The van der Waals surface area contributed by atoms with E-state index in [4.69, 9.17) is 10.8 Å². The number of esters is 1. The number of aliphatic hydroxyl groups is 1. The zero-order valence-electron chi connectivity index (χ0n) is 4.26. The van der Waals surface area contributed by atoms with Crippen LogP contribution < -0.4 is 5.73 Å². The van der Waals surface area contributed by atoms with Gasteiger partial charge in [0.15, 0.2) is 0 Å². The van der Waals surface area contributed by atoms with Crippen molar-refractivity contribution in [1.82, 2.24) is 0 Å². The molecule has 0 spiro atoms. The smallest absolute Gasteiger partial charge is 0.353 e. The van der Waals surface area contributed by atoms with Gasteiger partial charge >= 0.3 is 5.97 Å². The first-order valence-corrected chi connectivity index (χ1v) is 2.31. The average molecular weight is 117 g/mol. The SMILES string of the molecule is NC1(O)CCOC1=O. The van der Waals surface area contributed by atoms with Crippen LogP contribution in [0.3, 0.4) is 0 Å². The number of hydrogen-bond acceptors (Lipinski definition) is 4. The standard InChI is InChI=1S/C4H7NO3/c5-4(7)1-2-8-3(4)6/h7H,1-2,5H2. The topological polar surface area (TPSA) is 72.6 Å². The van der Waals surface area contributed by atoms with Crippen molar-refractivity contribution in [2.75, 3.05) is 6.61 Å². The van der Waals surface area contributed by atoms with Crippen molar-refractivity contribution in [2.45, 2.75) is 12.1 Å². The monoisotopic (exact) mass is 117 g/mol. The molecule has 3 N–H and O–H groups in total. The third-order valence-electron chi connectivity index (χ3n) is 1.07. The van der Waals surface area contributed by atoms with Crippen LogP contribution >= 0.6 is 0 Å². The third-order valence-corrected chi connectivity index (χ3v) is 1.07. The Morgan fingerprint density at radius 1 is 1.88 bits per heavy atom. The predicted molar refractivity (Wildman–Crippen MR) is 24.7 cm³/mol. The molecule has 1 saturated heterocycles. The maximum absolute atomic E-state index is 10.3. The lowest BCUT2D eigenvalue weighted by Crippen LogP contribution is -2.43. The van der Waals surface area contributed by atoms with E-state index in [1.54, 1.807) is 0 Å². The van der Waals surface area contributed by atoms with Crippen LogP contribution in [0, 0.1) is 0 Å². The molecular formula is C4H7NO3. The predicted octanol–water partition coefficient (Wildman–Crippen LogP) is -1.42. The minimum Gasteiger partial charge on any atom is -0.462 e. The molecule has 0 bridgehead atoms. The van der Waals surface area contributed by atoms with Crippen molar-refractivity contribution >= 4 is 5.97 Å². The first-order valence-electron chi connectivity index (χ1n) is 2.31. The first kappa shape index (κ1) is 5.53. The van der Waals surface area contributed by atoms with Crippen molar-refractivity contribution < 1.29 is 14.6 Å². The Morgan fingerprint density at radius 2 is 2.50 bits per heavy atom. The first-order chi connectivity index (χ1) is 3.63. The van der Waals surface area contributed by atoms with E-state index in [1.807, 2.05) is 0 Å². The van der Waals surface area contributed by atoms with Gasteiger partial charge in [-0.15, -0.1) is 0 Å². The number of hydrogen-bond donors (Lipinski definition) is 2. The summed E-state index contributed by atoms with van der Waals surface area (Å²) in [6.07, 6.45) is 0.200. The minimum absolute atomic E-state index is 0.200. The van der Waals surface area contributed by atoms with Crippen LogP contribution in [-0.2, 0) is 9.53 Å². The molecule has 0 amide bonds. The molecule has 1 atom stereocenters. The Labute approximate surface area is 46.2 Å². The molecule has 0 aromatic rings. The Morgan fingerprint density at radius 3 is 2.62 bits per heavy atom. The minimum atomic E-state index is -1.71. The number of ether oxygens (including phenoxy) is 1. The van der Waals surface area contributed by atoms with E-state index in [9.17, 15) is 4.79 Å². The van der Waals surface area contributed by atoms with E-state index in [1.165, 1.54) is 0 Å². The summed E-state index contributed by atoms with van der Waals surface area (Å²) in [4.78, 5) is 10.3. The normalized spacial score (nSPS) is 37.5. The van der Waals surface area contributed by atoms with Gasteiger partial charge in [-0.1, -0.05) is 0 Å². The summed E-state index contributed by atoms with van der Waals surface area (Å²) in [6, 6.07) is 0. The number of carbonyl (C=O) groups is 1. The van der Waals surface area contributed by atoms with Crippen LogP contribution in [0.2, 0.25) is 0 Å². The third kappa shape index (κ3) is 0.677. The van der Waals surface area contributed by atoms with Gasteiger partial charge in [0.2, 0.25) is 5.72 Å². The molecule has 1 rings (SSSR count). The second-order valence-electron chi connectivity index (χ2n) is 1.81. The van der Waals surface area contributed by atoms with Gasteiger partial charge in [0.25, 0.3) is 0 Å². The summed E-state index contributed by atoms with van der Waals surface area (Å²) >= 11 is 0. The van der Waals surface area contributed by atoms with Gasteiger partial charge in [0.1, 0.15) is 0 Å². The number of cyclic esters (lactones) is 1. The van der Waals surface area contributed by atoms with E-state index in [0.29, 0.717) is 0 Å². The van der Waals surface area contributed by atoms with E-state index < -0.39 is 11.7 Å². The highest BCUT2D eigenvalue weighted by Gasteiger charge is 2.38. The molecular weight excluding hydrogens is 110 g/mol. The molecule has 0 aliphatic carbocycles. The lowest BCUT2D eigenvalue weighted by atomic mass is 10.2. The zero-order chi connectivity index (χ0) is 6.20. The second-order valence-corrected chi connectivity index (χ2v) is 1.81. The van der Waals surface area contributed by atoms with E-state index in [2.05, 4.69) is 4.74 Å². The Bertz CT molecular complexity index is 120. The van der Waals surface area contributed by atoms with Gasteiger partial charge in [-0.25, -0.2) is 4.79 Å². The van der Waals surface area contributed by atoms with Crippen molar-refractivity contribution in [3.63, 3.8) is 0 Å². The summed E-state index contributed by atoms with van der Waals surface area (Å²) in [5.74, 6) is -0.725. The Kier molecular flexibility index (Phi) is 0.988. The molecule has 1 fully saturated rings. The average Bonchev–Trinajstić information content (AvgIpc) is 1.86. The van der Waals surface area contributed by atoms with E-state index in [0.717, 1.165) is 0 Å². The van der Waals surface area contributed by atoms with Crippen LogP contribution in [0.25, 0.3) is 0 Å². The van der Waals surface area contributed by atoms with Gasteiger partial charge < -0.3 is 9.84 Å². The Hall–Kier alpha value is -0.610. The van der Waals surface area contributed by atoms with Crippen molar-refractivity contribution in [3.8, 4) is 0 Å². The van der Waals surface area contributed by atoms with Crippen LogP contribution in [-0.4, -0.2) is 23.4 Å². The molecule has 1 aliphatic rings. The lowest BCUT2D eigenvalue weighted by molar-refractivity contribution is -0.152. The van der Waals surface area contributed by atoms with Crippen LogP contribution in [0.4, 0.5) is 0 Å². The van der Waals surface area contributed by atoms with Gasteiger partial charge in [0.05, 0.1) is 6.61 Å². The molecule has 46 valence electrons. The molecule has 0 radical (unpaired) electrons. The molecule has 1 aliphatic heterocycles. The molecule has 4 nitrogen and oxygen atoms in total. The van der Waals surface area contributed by atoms with Gasteiger partial charge in [-0.3, -0.25) is 5.73 Å². The fourth-order valence-electron chi connectivity index (χ4n) is 0.526. The van der Waals surface area contributed by atoms with Crippen molar-refractivity contribution in [2.24, 2.45) is 5.73 Å². The Balaban J connectivity index is 2.68. The molecule has 0 aromatic carbocycles. The molecule has 1 heterocycles. The lowest BCUT2D eigenvalue weighted by Gasteiger charge is -2.07. The summed E-state index contributed by atoms with van der Waals surface area (Å²) in [5, 5.41) is 8.77. The highest BCUT2D eigenvalue weighted by atomic mass is 16.6. The van der Waals surface area contributed by atoms with Gasteiger partial charge in [-0.2, -0.15) is 0 Å². The fraction of sp³-hybridized carbons (Fsp3) is 0.750. The van der Waals surface area contributed by atoms with Crippen molar-refractivity contribution in [3.05, 3.63) is 0 Å². The summed E-state index contributed by atoms with van der Waals surface area (Å²) in [6.45, 7) is 0.228. The van der Waals surface area contributed by atoms with E-state index >= 15 is 0 Å². The molecule has 4 heteroatoms. The number of nitrogens with two attached hydrogens (primary N) is 1. The quantitative estimate of drug-likeness (QED) is 0.301. The highest BCUT2D eigenvalue weighted by molar-refractivity contribution is 5.80. The summed E-state index contributed by atoms with van der Waals surface area (Å²) in [7, 11) is 0. The number of rotatable bonds is 0. The number of carbonyl (C=O) groups excluding carboxylic acids is 1. The molecule has 0 saturated carbocycles. The van der Waals surface area contributed by atoms with E-state index in [-0.39, 0.29) is 13.0 Å². The molecule has 1 unspecified atom stereocenters. The van der Waals surface area contributed by atoms with Crippen LogP contribution in [0.15, 0.2) is 0 Å². The molecule has 8 heavy (non-hydrogen) atoms. The zero-order valence-corrected chi connectivity index (χ0v) is 4.26. The second kappa shape index (κ2) is 1.43. The van der Waals surface area contributed by atoms with Crippen LogP contribution in [0.1, 0.15) is 6.42 Å². The van der Waals surface area contributed by atoms with Gasteiger partial charge in [-0.05, 0) is 0 Å². The molecule has 0 aromatic heterocycles. The largest absolute Gasteiger partial charge is 0.462 e. The van der Waals surface area contributed by atoms with Crippen molar-refractivity contribution in [1.29, 1.82) is 0 Å².